The van der Waals surface area contributed by atoms with E-state index in [0.29, 0.717) is 64.6 Å². The van der Waals surface area contributed by atoms with Crippen molar-refractivity contribution in [3.63, 3.8) is 0 Å². The molecule has 0 bridgehead atoms. The lowest BCUT2D eigenvalue weighted by molar-refractivity contribution is -0.438. The molecular weight excluding hydrogens is 1580 g/mol. The number of unbranched alkanes of at least 4 members (excludes halogenated alkanes) is 3. The van der Waals surface area contributed by atoms with Crippen molar-refractivity contribution in [2.75, 3.05) is 108 Å². The maximum atomic E-state index is 13.2. The van der Waals surface area contributed by atoms with Gasteiger partial charge in [-0.1, -0.05) is 111 Å². The molecule has 3 aliphatic heterocycles. The maximum Gasteiger partial charge on any atom is 0.490 e. The van der Waals surface area contributed by atoms with Crippen molar-refractivity contribution in [1.29, 1.82) is 0 Å². The van der Waals surface area contributed by atoms with Crippen LogP contribution in [0.2, 0.25) is 0 Å². The average Bonchev–Trinajstić information content (AvgIpc) is 1.61. The Balaban J connectivity index is 0.00000452. The summed E-state index contributed by atoms with van der Waals surface area (Å²) in [5.74, 6) is 4.91. The number of alkyl carbamates (subject to hydrolysis) is 1. The third-order valence-corrected chi connectivity index (χ3v) is 25.0. The first-order valence-electron chi connectivity index (χ1n) is 35.2. The third-order valence-electron chi connectivity index (χ3n) is 17.4. The Hall–Kier alpha value is -5.58. The van der Waals surface area contributed by atoms with E-state index in [1.54, 1.807) is 33.9 Å². The fourth-order valence-corrected chi connectivity index (χ4v) is 18.2. The summed E-state index contributed by atoms with van der Waals surface area (Å²) in [7, 11) is -17.5. The number of hydrogen-bond acceptors (Lipinski definition) is 26. The van der Waals surface area contributed by atoms with Crippen molar-refractivity contribution in [3.8, 4) is 11.8 Å². The van der Waals surface area contributed by atoms with Crippen LogP contribution in [-0.2, 0) is 112 Å². The number of carbonyl (C=O) groups excluding carboxylic acids is 3. The molecule has 4 aliphatic rings. The number of aromatic nitrogens is 2. The summed E-state index contributed by atoms with van der Waals surface area (Å²) in [6.45, 7) is 21.5. The number of allylic oxidation sites excluding steroid dienone is 7. The van der Waals surface area contributed by atoms with Crippen molar-refractivity contribution < 1.29 is 111 Å². The van der Waals surface area contributed by atoms with Gasteiger partial charge >= 0.3 is 46.1 Å². The fraction of sp³-hybridized carbons (Fsp3) is 0.571. The van der Waals surface area contributed by atoms with E-state index in [4.69, 9.17) is 77.0 Å². The summed E-state index contributed by atoms with van der Waals surface area (Å²) in [6.07, 6.45) is 16.1. The van der Waals surface area contributed by atoms with E-state index >= 15 is 0 Å². The summed E-state index contributed by atoms with van der Waals surface area (Å²) in [5, 5.41) is 5.66. The number of ether oxygens (including phenoxy) is 7. The van der Waals surface area contributed by atoms with Gasteiger partial charge in [0.25, 0.3) is 5.56 Å². The predicted molar refractivity (Wildman–Crippen MR) is 420 cm³/mol. The van der Waals surface area contributed by atoms with Crippen LogP contribution in [0.3, 0.4) is 0 Å². The third kappa shape index (κ3) is 30.7. The monoisotopic (exact) mass is 1680 g/mol. The average molecular weight is 1680 g/mol. The number of esters is 1. The molecule has 1 aliphatic carbocycles. The van der Waals surface area contributed by atoms with Crippen LogP contribution in [0.1, 0.15) is 147 Å². The van der Waals surface area contributed by atoms with Crippen LogP contribution in [0.25, 0.3) is 5.57 Å². The van der Waals surface area contributed by atoms with Gasteiger partial charge in [0.1, 0.15) is 18.6 Å². The van der Waals surface area contributed by atoms with Crippen molar-refractivity contribution in [2.24, 2.45) is 0 Å². The molecule has 0 spiro atoms. The fourth-order valence-electron chi connectivity index (χ4n) is 12.3. The Bertz CT molecular complexity index is 4210. The minimum absolute atomic E-state index is 0.00681. The van der Waals surface area contributed by atoms with Crippen molar-refractivity contribution in [2.45, 2.75) is 159 Å². The number of fused-ring (bicyclic) bond motifs is 3. The molecule has 0 radical (unpaired) electrons. The van der Waals surface area contributed by atoms with E-state index in [1.165, 1.54) is 39.5 Å². The van der Waals surface area contributed by atoms with Crippen molar-refractivity contribution in [1.82, 2.24) is 20.6 Å². The zero-order valence-corrected chi connectivity index (χ0v) is 69.3. The van der Waals surface area contributed by atoms with Crippen LogP contribution in [0.5, 0.6) is 0 Å². The number of carbonyl (C=O) groups is 3. The summed E-state index contributed by atoms with van der Waals surface area (Å²) in [4.78, 5) is 97.4. The van der Waals surface area contributed by atoms with Gasteiger partial charge < -0.3 is 74.0 Å². The largest absolute Gasteiger partial charge is 0.490 e. The van der Waals surface area contributed by atoms with Gasteiger partial charge in [-0.05, 0) is 115 Å². The molecule has 2 amide bonds. The number of nitrogens with zero attached hydrogens (tertiary/aromatic N) is 3. The van der Waals surface area contributed by atoms with Crippen molar-refractivity contribution >= 4 is 123 Å². The van der Waals surface area contributed by atoms with Crippen LogP contribution in [-0.4, -0.2) is 191 Å². The lowest BCUT2D eigenvalue weighted by atomic mass is 9.81. The van der Waals surface area contributed by atoms with Gasteiger partial charge in [0, 0.05) is 103 Å². The number of nitrogens with two attached hydrogens (primary N) is 1. The second-order valence-corrected chi connectivity index (χ2v) is 37.9. The Labute approximate surface area is 652 Å². The number of aromatic amines is 1. The first kappa shape index (κ1) is 92.3. The molecule has 0 saturated carbocycles. The smallest absolute Gasteiger partial charge is 0.466 e. The molecule has 4 heterocycles. The zero-order chi connectivity index (χ0) is 80.2. The minimum atomic E-state index is -5.78. The zero-order valence-electron chi connectivity index (χ0n) is 62.5. The molecule has 7 rings (SSSR count). The molecule has 7 atom stereocenters. The molecule has 4 unspecified atom stereocenters. The normalized spacial score (nSPS) is 19.4. The summed E-state index contributed by atoms with van der Waals surface area (Å²) in [6, 6.07) is 15.4. The summed E-state index contributed by atoms with van der Waals surface area (Å²) < 4.78 is 115. The molecule has 604 valence electrons. The van der Waals surface area contributed by atoms with E-state index in [2.05, 4.69) is 179 Å². The molecule has 31 nitrogen and oxygen atoms in total. The van der Waals surface area contributed by atoms with Crippen LogP contribution >= 0.6 is 45.1 Å². The van der Waals surface area contributed by atoms with E-state index in [9.17, 15) is 42.7 Å². The molecule has 2 aromatic carbocycles. The van der Waals surface area contributed by atoms with Crippen LogP contribution < -0.4 is 26.8 Å². The molecule has 3 aromatic rings. The number of aryl methyl sites for hydroxylation is 1. The van der Waals surface area contributed by atoms with E-state index in [0.717, 1.165) is 32.4 Å². The molecule has 109 heavy (non-hydrogen) atoms. The number of phosphoric ester groups is 1. The minimum Gasteiger partial charge on any atom is -0.466 e. The van der Waals surface area contributed by atoms with Gasteiger partial charge in [-0.3, -0.25) is 23.9 Å². The second-order valence-electron chi connectivity index (χ2n) is 27.0. The topological polar surface area (TPSA) is 429 Å². The summed E-state index contributed by atoms with van der Waals surface area (Å²) in [5.41, 5.74) is 14.7. The van der Waals surface area contributed by atoms with Crippen LogP contribution in [0.15, 0.2) is 89.4 Å². The first-order chi connectivity index (χ1) is 51.4. The Kier molecular flexibility index (Phi) is 37.4. The number of H-pyrrole nitrogens is 1. The number of amides is 2. The number of rotatable bonds is 44. The number of anilines is 2. The molecule has 1 fully saturated rings. The number of benzene rings is 2. The van der Waals surface area contributed by atoms with E-state index in [1.807, 2.05) is 0 Å². The molecule has 1 saturated heterocycles. The highest BCUT2D eigenvalue weighted by molar-refractivity contribution is 8.77. The maximum absolute atomic E-state index is 13.2. The Morgan fingerprint density at radius 3 is 2.28 bits per heavy atom. The van der Waals surface area contributed by atoms with Crippen LogP contribution in [0, 0.1) is 18.8 Å². The van der Waals surface area contributed by atoms with Gasteiger partial charge in [0.05, 0.1) is 87.5 Å². The van der Waals surface area contributed by atoms with E-state index in [-0.39, 0.29) is 95.8 Å². The lowest BCUT2D eigenvalue weighted by Crippen LogP contribution is -2.30. The van der Waals surface area contributed by atoms with Crippen LogP contribution in [0.4, 0.5) is 22.1 Å². The molecular formula is C70H101N7O24P3S5+. The SMILES string of the molecule is CCN1\C(=C/C=C/C=C/C2=[N+](CCCCCC(=O)NCCOCCOCCNC(=O)OCCC(C)(C)SSCOCCCCOC(=O)CCC#CC3=CC([C@H]4C[C@H](OCS(C)=S)[C@@H](COP(=O)(O)OP(=O)(O)OP(=O)(O)O)O4)c4nc(N)[nH]c(=O)c43)c3ccc(C)cc3C2(C)C)C(C)(C)c2ccccc21.O=S(=O)=O. The number of hydrogen-bond donors (Lipinski definition) is 8. The quantitative estimate of drug-likeness (QED) is 0.00381. The van der Waals surface area contributed by atoms with Gasteiger partial charge in [-0.25, -0.2) is 23.5 Å². The predicted octanol–water partition coefficient (Wildman–Crippen LogP) is 9.65. The Morgan fingerprint density at radius 1 is 0.872 bits per heavy atom. The highest BCUT2D eigenvalue weighted by Crippen LogP contribution is 2.66. The number of phosphoric acid groups is 3. The molecule has 1 aromatic heterocycles. The van der Waals surface area contributed by atoms with Gasteiger partial charge in [-0.2, -0.15) is 13.2 Å². The van der Waals surface area contributed by atoms with Gasteiger partial charge in [0.15, 0.2) is 5.71 Å². The first-order valence-corrected chi connectivity index (χ1v) is 45.8. The highest BCUT2D eigenvalue weighted by atomic mass is 33.1. The number of nitrogens with one attached hydrogen (secondary N) is 3. The standard InChI is InChI=1S/C70H100N7O21P3S4.O3S/c1-10-76-54-25-18-17-24-52(54)69(5,6)59(76)26-13-11-14-27-60-70(7,8)53-43-49(2)30-31-55(53)77(60)35-20-12-15-28-61(78)72-33-39-89-41-42-90-40-34-73-67(81)93-38-32-68(3,4)104-103-47-91-36-21-22-37-92-62(79)29-19-16-23-50-44-51(64-63(50)65(80)75-66(71)74-64)56-45-57(94-48-105(9)102)58(96-56)46-95-100(85,86)98-101(87,88)97-99(82,83)84;1-4(2)3/h11,13-14,17-18,24-27,30-31,43-44,51,56-58H,10,12,15,19-22,28-29,32-42,45-48H2,1-9H3,(H8-,71,72,73,74,75,78,80,81,82,83,84,85,86,87,88);/p+1/t51?,56-,57+,58-,105?;/m1./s1. The summed E-state index contributed by atoms with van der Waals surface area (Å²) >= 11 is 5.24. The van der Waals surface area contributed by atoms with Gasteiger partial charge in [-0.15, -0.1) is 12.6 Å². The molecule has 9 N–H and O–H groups in total. The highest BCUT2D eigenvalue weighted by Gasteiger charge is 2.48. The second kappa shape index (κ2) is 44.2. The van der Waals surface area contributed by atoms with Gasteiger partial charge in [0.2, 0.25) is 17.5 Å². The number of likely N-dealkylation sites (N-methyl/N-ethyl adjacent to an activating group) is 1. The molecule has 39 heteroatoms. The number of para-hydroxylation sites is 1. The number of nitrogen functional groups attached to an aromatic ring is 1. The lowest BCUT2D eigenvalue weighted by Gasteiger charge is -2.25. The Morgan fingerprint density at radius 2 is 1.58 bits per heavy atom. The van der Waals surface area contributed by atoms with E-state index < -0.39 is 92.0 Å². The van der Waals surface area contributed by atoms with Crippen molar-refractivity contribution in [3.05, 3.63) is 123 Å².